The Hall–Kier alpha value is -3.15. The lowest BCUT2D eigenvalue weighted by Crippen LogP contribution is -2.02. The van der Waals surface area contributed by atoms with Crippen LogP contribution in [0, 0.1) is 0 Å². The Morgan fingerprint density at radius 3 is 2.03 bits per heavy atom. The van der Waals surface area contributed by atoms with Gasteiger partial charge in [-0.05, 0) is 62.1 Å². The van der Waals surface area contributed by atoms with E-state index in [0.717, 1.165) is 35.5 Å². The van der Waals surface area contributed by atoms with Crippen molar-refractivity contribution in [3.63, 3.8) is 0 Å². The summed E-state index contributed by atoms with van der Waals surface area (Å²) in [6.45, 7) is 0. The van der Waals surface area contributed by atoms with Crippen LogP contribution in [0.25, 0.3) is 16.9 Å². The van der Waals surface area contributed by atoms with Crippen LogP contribution in [-0.2, 0) is 12.8 Å². The van der Waals surface area contributed by atoms with Gasteiger partial charge in [0, 0.05) is 11.1 Å². The Balaban J connectivity index is 1.95. The van der Waals surface area contributed by atoms with Gasteiger partial charge >= 0.3 is 0 Å². The summed E-state index contributed by atoms with van der Waals surface area (Å²) in [7, 11) is 6.57. The molecule has 0 N–H and O–H groups in total. The Morgan fingerprint density at radius 1 is 0.767 bits per heavy atom. The largest absolute Gasteiger partial charge is 0.497 e. The smallest absolute Gasteiger partial charge is 0.203 e. The van der Waals surface area contributed by atoms with Crippen molar-refractivity contribution < 1.29 is 18.9 Å². The first-order valence-corrected chi connectivity index (χ1v) is 10.3. The summed E-state index contributed by atoms with van der Waals surface area (Å²) >= 11 is 0. The molecule has 0 saturated heterocycles. The molecule has 0 aliphatic heterocycles. The minimum absolute atomic E-state index is 0.588. The van der Waals surface area contributed by atoms with E-state index in [0.29, 0.717) is 17.2 Å². The van der Waals surface area contributed by atoms with Crippen molar-refractivity contribution in [1.29, 1.82) is 0 Å². The maximum absolute atomic E-state index is 5.61. The molecule has 1 heterocycles. The zero-order valence-corrected chi connectivity index (χ0v) is 18.0. The third-order valence-electron chi connectivity index (χ3n) is 5.66. The van der Waals surface area contributed by atoms with E-state index < -0.39 is 0 Å². The number of benzene rings is 2. The van der Waals surface area contributed by atoms with Crippen LogP contribution in [0.2, 0.25) is 0 Å². The zero-order chi connectivity index (χ0) is 21.1. The van der Waals surface area contributed by atoms with E-state index >= 15 is 0 Å². The molecule has 158 valence electrons. The summed E-state index contributed by atoms with van der Waals surface area (Å²) in [4.78, 5) is 0. The third kappa shape index (κ3) is 3.58. The molecule has 0 saturated carbocycles. The highest BCUT2D eigenvalue weighted by atomic mass is 16.5. The van der Waals surface area contributed by atoms with Gasteiger partial charge in [-0.1, -0.05) is 6.42 Å². The van der Waals surface area contributed by atoms with Crippen LogP contribution in [0.15, 0.2) is 36.4 Å². The van der Waals surface area contributed by atoms with Gasteiger partial charge in [0.25, 0.3) is 0 Å². The SMILES string of the molecule is COc1ccc(-n2nc3c(c2-c2cc(OC)c(OC)c(OC)c2)CCCCC3)cc1. The maximum Gasteiger partial charge on any atom is 0.203 e. The van der Waals surface area contributed by atoms with Crippen LogP contribution in [0.3, 0.4) is 0 Å². The minimum Gasteiger partial charge on any atom is -0.497 e. The topological polar surface area (TPSA) is 54.7 Å². The molecule has 6 nitrogen and oxygen atoms in total. The van der Waals surface area contributed by atoms with Crippen LogP contribution in [0.5, 0.6) is 23.0 Å². The predicted molar refractivity (Wildman–Crippen MR) is 116 cm³/mol. The summed E-state index contributed by atoms with van der Waals surface area (Å²) in [5, 5.41) is 5.03. The molecular formula is C24H28N2O4. The van der Waals surface area contributed by atoms with Gasteiger partial charge in [0.15, 0.2) is 11.5 Å². The highest BCUT2D eigenvalue weighted by Crippen LogP contribution is 2.43. The Kier molecular flexibility index (Phi) is 5.84. The molecule has 0 amide bonds. The van der Waals surface area contributed by atoms with E-state index in [-0.39, 0.29) is 0 Å². The zero-order valence-electron chi connectivity index (χ0n) is 18.0. The van der Waals surface area contributed by atoms with Gasteiger partial charge < -0.3 is 18.9 Å². The lowest BCUT2D eigenvalue weighted by Gasteiger charge is -2.16. The summed E-state index contributed by atoms with van der Waals surface area (Å²) in [5.74, 6) is 2.68. The number of methoxy groups -OCH3 is 4. The quantitative estimate of drug-likeness (QED) is 0.546. The second-order valence-electron chi connectivity index (χ2n) is 7.36. The standard InChI is InChI=1S/C24H28N2O4/c1-27-18-12-10-17(11-13-18)26-23(19-8-6-5-7-9-20(19)25-26)16-14-21(28-2)24(30-4)22(15-16)29-3/h10-15H,5-9H2,1-4H3. The van der Waals surface area contributed by atoms with E-state index in [2.05, 4.69) is 0 Å². The monoisotopic (exact) mass is 408 g/mol. The molecule has 2 aromatic carbocycles. The number of aryl methyl sites for hydroxylation is 1. The summed E-state index contributed by atoms with van der Waals surface area (Å²) in [5.41, 5.74) is 5.55. The second kappa shape index (κ2) is 8.69. The lowest BCUT2D eigenvalue weighted by molar-refractivity contribution is 0.324. The van der Waals surface area contributed by atoms with Crippen molar-refractivity contribution in [3.8, 4) is 39.9 Å². The van der Waals surface area contributed by atoms with Crippen molar-refractivity contribution in [2.45, 2.75) is 32.1 Å². The molecular weight excluding hydrogens is 380 g/mol. The molecule has 0 atom stereocenters. The number of fused-ring (bicyclic) bond motifs is 1. The van der Waals surface area contributed by atoms with E-state index in [9.17, 15) is 0 Å². The first kappa shape index (κ1) is 20.1. The van der Waals surface area contributed by atoms with Crippen LogP contribution < -0.4 is 18.9 Å². The van der Waals surface area contributed by atoms with Gasteiger partial charge in [-0.2, -0.15) is 5.10 Å². The molecule has 1 aliphatic carbocycles. The Labute approximate surface area is 177 Å². The molecule has 0 radical (unpaired) electrons. The van der Waals surface area contributed by atoms with Gasteiger partial charge in [0.1, 0.15) is 5.75 Å². The summed E-state index contributed by atoms with van der Waals surface area (Å²) in [6.07, 6.45) is 5.57. The molecule has 4 rings (SSSR count). The lowest BCUT2D eigenvalue weighted by atomic mass is 10.0. The highest BCUT2D eigenvalue weighted by molar-refractivity contribution is 5.73. The second-order valence-corrected chi connectivity index (χ2v) is 7.36. The van der Waals surface area contributed by atoms with Gasteiger partial charge in [0.05, 0.1) is 45.5 Å². The average Bonchev–Trinajstić information content (AvgIpc) is 3.00. The number of hydrogen-bond acceptors (Lipinski definition) is 5. The molecule has 3 aromatic rings. The highest BCUT2D eigenvalue weighted by Gasteiger charge is 2.24. The molecule has 0 spiro atoms. The van der Waals surface area contributed by atoms with Crippen molar-refractivity contribution in [3.05, 3.63) is 47.7 Å². The number of nitrogens with zero attached hydrogens (tertiary/aromatic N) is 2. The Morgan fingerprint density at radius 2 is 1.43 bits per heavy atom. The normalized spacial score (nSPS) is 13.3. The number of aromatic nitrogens is 2. The summed E-state index contributed by atoms with van der Waals surface area (Å²) in [6, 6.07) is 12.0. The van der Waals surface area contributed by atoms with Crippen LogP contribution >= 0.6 is 0 Å². The third-order valence-corrected chi connectivity index (χ3v) is 5.66. The predicted octanol–water partition coefficient (Wildman–Crippen LogP) is 4.84. The molecule has 30 heavy (non-hydrogen) atoms. The molecule has 0 unspecified atom stereocenters. The van der Waals surface area contributed by atoms with Crippen molar-refractivity contribution in [1.82, 2.24) is 9.78 Å². The van der Waals surface area contributed by atoms with Crippen molar-refractivity contribution in [2.24, 2.45) is 0 Å². The number of hydrogen-bond donors (Lipinski definition) is 0. The van der Waals surface area contributed by atoms with E-state index in [4.69, 9.17) is 24.0 Å². The van der Waals surface area contributed by atoms with Crippen LogP contribution in [0.4, 0.5) is 0 Å². The molecule has 1 aliphatic rings. The van der Waals surface area contributed by atoms with Gasteiger partial charge in [-0.15, -0.1) is 0 Å². The van der Waals surface area contributed by atoms with Gasteiger partial charge in [-0.25, -0.2) is 4.68 Å². The van der Waals surface area contributed by atoms with Gasteiger partial charge in [0.2, 0.25) is 5.75 Å². The Bertz CT molecular complexity index is 999. The molecule has 6 heteroatoms. The van der Waals surface area contributed by atoms with E-state index in [1.807, 2.05) is 41.1 Å². The van der Waals surface area contributed by atoms with Crippen molar-refractivity contribution in [2.75, 3.05) is 28.4 Å². The maximum atomic E-state index is 5.61. The summed E-state index contributed by atoms with van der Waals surface area (Å²) < 4.78 is 24.1. The van der Waals surface area contributed by atoms with E-state index in [1.54, 1.807) is 28.4 Å². The average molecular weight is 408 g/mol. The first-order valence-electron chi connectivity index (χ1n) is 10.3. The number of ether oxygens (including phenoxy) is 4. The minimum atomic E-state index is 0.588. The fraction of sp³-hybridized carbons (Fsp3) is 0.375. The van der Waals surface area contributed by atoms with E-state index in [1.165, 1.54) is 30.5 Å². The number of rotatable bonds is 6. The first-order chi connectivity index (χ1) is 14.7. The molecule has 0 fully saturated rings. The molecule has 0 bridgehead atoms. The fourth-order valence-electron chi connectivity index (χ4n) is 4.15. The fourth-order valence-corrected chi connectivity index (χ4v) is 4.15. The van der Waals surface area contributed by atoms with Gasteiger partial charge in [-0.3, -0.25) is 0 Å². The van der Waals surface area contributed by atoms with Crippen LogP contribution in [0.1, 0.15) is 30.5 Å². The molecule has 1 aromatic heterocycles. The van der Waals surface area contributed by atoms with Crippen LogP contribution in [-0.4, -0.2) is 38.2 Å². The van der Waals surface area contributed by atoms with Crippen molar-refractivity contribution >= 4 is 0 Å².